The van der Waals surface area contributed by atoms with Gasteiger partial charge in [-0.15, -0.1) is 0 Å². The number of rotatable bonds is 8. The van der Waals surface area contributed by atoms with Gasteiger partial charge in [0.1, 0.15) is 5.75 Å². The van der Waals surface area contributed by atoms with Gasteiger partial charge >= 0.3 is 5.97 Å². The van der Waals surface area contributed by atoms with Crippen molar-refractivity contribution in [3.8, 4) is 28.1 Å². The fourth-order valence-electron chi connectivity index (χ4n) is 6.25. The number of ether oxygens (including phenoxy) is 1. The Morgan fingerprint density at radius 1 is 0.872 bits per heavy atom. The van der Waals surface area contributed by atoms with Crippen molar-refractivity contribution in [2.75, 3.05) is 51.8 Å². The van der Waals surface area contributed by atoms with Crippen LogP contribution in [0.4, 0.5) is 5.69 Å². The number of fused-ring (bicyclic) bond motifs is 1. The number of phenolic OH excluding ortho intramolecular Hbond substituents is 1. The van der Waals surface area contributed by atoms with Crippen LogP contribution in [0.15, 0.2) is 97.2 Å². The second-order valence-electron chi connectivity index (χ2n) is 12.1. The van der Waals surface area contributed by atoms with Crippen LogP contribution in [0.3, 0.4) is 0 Å². The fraction of sp³-hybridized carbons (Fsp3) is 0.256. The topological polar surface area (TPSA) is 86.2 Å². The summed E-state index contributed by atoms with van der Waals surface area (Å²) >= 11 is 0. The molecule has 1 saturated heterocycles. The minimum absolute atomic E-state index is 0.0158. The molecular weight excluding hydrogens is 588 g/mol. The largest absolute Gasteiger partial charge is 0.506 e. The lowest BCUT2D eigenvalue weighted by Crippen LogP contribution is -2.47. The van der Waals surface area contributed by atoms with E-state index in [4.69, 9.17) is 9.72 Å². The number of carbonyl (C=O) groups is 2. The van der Waals surface area contributed by atoms with E-state index in [1.807, 2.05) is 73.8 Å². The minimum Gasteiger partial charge on any atom is -0.506 e. The monoisotopic (exact) mass is 628 g/mol. The van der Waals surface area contributed by atoms with E-state index in [2.05, 4.69) is 41.0 Å². The van der Waals surface area contributed by atoms with Gasteiger partial charge in [-0.25, -0.2) is 4.79 Å². The third-order valence-corrected chi connectivity index (χ3v) is 9.02. The van der Waals surface area contributed by atoms with Gasteiger partial charge in [0, 0.05) is 74.7 Å². The van der Waals surface area contributed by atoms with Crippen molar-refractivity contribution in [2.45, 2.75) is 19.9 Å². The van der Waals surface area contributed by atoms with Gasteiger partial charge < -0.3 is 19.6 Å². The van der Waals surface area contributed by atoms with Crippen LogP contribution in [0.25, 0.3) is 33.2 Å². The zero-order valence-corrected chi connectivity index (χ0v) is 27.3. The van der Waals surface area contributed by atoms with Crippen molar-refractivity contribution in [1.29, 1.82) is 0 Å². The van der Waals surface area contributed by atoms with Gasteiger partial charge in [-0.2, -0.15) is 0 Å². The van der Waals surface area contributed by atoms with E-state index in [-0.39, 0.29) is 29.2 Å². The van der Waals surface area contributed by atoms with Gasteiger partial charge in [-0.3, -0.25) is 14.7 Å². The van der Waals surface area contributed by atoms with E-state index >= 15 is 0 Å². The summed E-state index contributed by atoms with van der Waals surface area (Å²) in [5, 5.41) is 12.3. The van der Waals surface area contributed by atoms with E-state index in [9.17, 15) is 14.7 Å². The molecule has 1 aliphatic heterocycles. The molecule has 4 aromatic carbocycles. The first-order chi connectivity index (χ1) is 22.7. The number of benzene rings is 4. The van der Waals surface area contributed by atoms with Crippen LogP contribution < -0.4 is 4.90 Å². The number of hydrogen-bond acceptors (Lipinski definition) is 7. The van der Waals surface area contributed by atoms with Crippen molar-refractivity contribution in [1.82, 2.24) is 14.8 Å². The Bertz CT molecular complexity index is 1880. The second-order valence-corrected chi connectivity index (χ2v) is 12.1. The van der Waals surface area contributed by atoms with Gasteiger partial charge in [0.15, 0.2) is 0 Å². The smallest absolute Gasteiger partial charge is 0.338 e. The average molecular weight is 629 g/mol. The number of pyridine rings is 1. The lowest BCUT2D eigenvalue weighted by molar-refractivity contribution is 0.0526. The number of piperazine rings is 1. The summed E-state index contributed by atoms with van der Waals surface area (Å²) in [4.78, 5) is 36.0. The molecule has 240 valence electrons. The number of amides is 1. The zero-order chi connectivity index (χ0) is 33.1. The summed E-state index contributed by atoms with van der Waals surface area (Å²) in [7, 11) is 3.35. The Kier molecular flexibility index (Phi) is 9.22. The summed E-state index contributed by atoms with van der Waals surface area (Å²) in [6.45, 7) is 8.17. The first-order valence-corrected chi connectivity index (χ1v) is 16.0. The highest BCUT2D eigenvalue weighted by molar-refractivity contribution is 6.08. The predicted molar refractivity (Wildman–Crippen MR) is 187 cm³/mol. The molecule has 0 spiro atoms. The van der Waals surface area contributed by atoms with Crippen LogP contribution in [-0.4, -0.2) is 78.6 Å². The number of aromatic hydroxyl groups is 1. The summed E-state index contributed by atoms with van der Waals surface area (Å²) in [6, 6.07) is 29.9. The maximum atomic E-state index is 12.9. The van der Waals surface area contributed by atoms with Gasteiger partial charge in [-0.05, 0) is 66.8 Å². The predicted octanol–water partition coefficient (Wildman–Crippen LogP) is 7.04. The molecule has 1 aliphatic rings. The molecular formula is C39H40N4O4. The van der Waals surface area contributed by atoms with Crippen LogP contribution >= 0.6 is 0 Å². The average Bonchev–Trinajstić information content (AvgIpc) is 3.12. The number of anilines is 1. The van der Waals surface area contributed by atoms with Crippen molar-refractivity contribution in [3.05, 3.63) is 114 Å². The first kappa shape index (κ1) is 31.8. The molecule has 8 heteroatoms. The Labute approximate surface area is 275 Å². The highest BCUT2D eigenvalue weighted by atomic mass is 16.5. The zero-order valence-electron chi connectivity index (χ0n) is 27.3. The fourth-order valence-corrected chi connectivity index (χ4v) is 6.25. The Morgan fingerprint density at radius 2 is 1.53 bits per heavy atom. The van der Waals surface area contributed by atoms with Gasteiger partial charge in [0.25, 0.3) is 5.91 Å². The summed E-state index contributed by atoms with van der Waals surface area (Å²) in [5.41, 5.74) is 6.83. The number of carbonyl (C=O) groups excluding carboxylic acids is 2. The summed E-state index contributed by atoms with van der Waals surface area (Å²) in [5.74, 6) is -0.560. The molecule has 0 bridgehead atoms. The van der Waals surface area contributed by atoms with E-state index in [1.165, 1.54) is 10.5 Å². The number of nitrogens with zero attached hydrogens (tertiary/aromatic N) is 4. The van der Waals surface area contributed by atoms with Crippen molar-refractivity contribution >= 4 is 28.3 Å². The van der Waals surface area contributed by atoms with Gasteiger partial charge in [-0.1, -0.05) is 54.6 Å². The number of esters is 1. The standard InChI is InChI=1S/C39H40N4O4/c1-5-47-39(46)29-14-17-31(18-15-29)43-22-20-42(21-23-43)26(2)27-10-12-28(13-11-27)30-16-19-36(40-25-30)34-24-35(38(45)41(3)4)37(44)33-9-7-6-8-32(33)34/h6-19,24-26,44H,5,20-23H2,1-4H3. The number of hydrogen-bond donors (Lipinski definition) is 1. The van der Waals surface area contributed by atoms with Crippen molar-refractivity contribution in [2.24, 2.45) is 0 Å². The molecule has 1 atom stereocenters. The van der Waals surface area contributed by atoms with Crippen molar-refractivity contribution in [3.63, 3.8) is 0 Å². The Morgan fingerprint density at radius 3 is 2.15 bits per heavy atom. The van der Waals surface area contributed by atoms with Gasteiger partial charge in [0.05, 0.1) is 23.4 Å². The van der Waals surface area contributed by atoms with Crippen LogP contribution in [0.5, 0.6) is 5.75 Å². The molecule has 6 rings (SSSR count). The molecule has 5 aromatic rings. The van der Waals surface area contributed by atoms with E-state index < -0.39 is 0 Å². The summed E-state index contributed by atoms with van der Waals surface area (Å²) < 4.78 is 5.10. The second kappa shape index (κ2) is 13.6. The first-order valence-electron chi connectivity index (χ1n) is 16.0. The SMILES string of the molecule is CCOC(=O)c1ccc(N2CCN(C(C)c3ccc(-c4ccc(-c5cc(C(=O)N(C)C)c(O)c6ccccc56)nc4)cc3)CC2)cc1. The normalized spacial score (nSPS) is 14.2. The quantitative estimate of drug-likeness (QED) is 0.185. The third-order valence-electron chi connectivity index (χ3n) is 9.02. The highest BCUT2D eigenvalue weighted by Gasteiger charge is 2.23. The molecule has 1 amide bonds. The van der Waals surface area contributed by atoms with Crippen LogP contribution in [0.2, 0.25) is 0 Å². The molecule has 2 heterocycles. The maximum Gasteiger partial charge on any atom is 0.338 e. The molecule has 1 N–H and O–H groups in total. The van der Waals surface area contributed by atoms with Crippen LogP contribution in [0.1, 0.15) is 46.2 Å². The maximum absolute atomic E-state index is 12.9. The molecule has 0 aliphatic carbocycles. The molecule has 1 unspecified atom stereocenters. The molecule has 0 radical (unpaired) electrons. The number of aromatic nitrogens is 1. The molecule has 8 nitrogen and oxygen atoms in total. The van der Waals surface area contributed by atoms with E-state index in [0.29, 0.717) is 17.6 Å². The molecule has 1 aromatic heterocycles. The van der Waals surface area contributed by atoms with E-state index in [0.717, 1.165) is 59.6 Å². The van der Waals surface area contributed by atoms with E-state index in [1.54, 1.807) is 20.2 Å². The minimum atomic E-state index is -0.284. The molecule has 1 fully saturated rings. The van der Waals surface area contributed by atoms with Crippen LogP contribution in [-0.2, 0) is 4.74 Å². The lowest BCUT2D eigenvalue weighted by atomic mass is 9.96. The molecule has 47 heavy (non-hydrogen) atoms. The lowest BCUT2D eigenvalue weighted by Gasteiger charge is -2.39. The third kappa shape index (κ3) is 6.55. The number of phenols is 1. The van der Waals surface area contributed by atoms with Crippen molar-refractivity contribution < 1.29 is 19.4 Å². The highest BCUT2D eigenvalue weighted by Crippen LogP contribution is 2.37. The molecule has 0 saturated carbocycles. The Hall–Kier alpha value is -5.21. The van der Waals surface area contributed by atoms with Gasteiger partial charge in [0.2, 0.25) is 0 Å². The summed E-state index contributed by atoms with van der Waals surface area (Å²) in [6.07, 6.45) is 1.86. The van der Waals surface area contributed by atoms with Crippen LogP contribution in [0, 0.1) is 0 Å². The Balaban J connectivity index is 1.13.